The van der Waals surface area contributed by atoms with Crippen LogP contribution >= 0.6 is 0 Å². The van der Waals surface area contributed by atoms with Crippen molar-refractivity contribution in [2.24, 2.45) is 0 Å². The minimum atomic E-state index is -0.294. The molecule has 0 saturated carbocycles. The number of carbonyl (C=O) groups excluding carboxylic acids is 2. The normalized spacial score (nSPS) is 10.9. The van der Waals surface area contributed by atoms with Gasteiger partial charge in [-0.25, -0.2) is 0 Å². The molecule has 1 aromatic rings. The fourth-order valence-corrected chi connectivity index (χ4v) is 4.55. The molecule has 0 aliphatic carbocycles. The maximum atomic E-state index is 12.0. The Bertz CT molecular complexity index is 689. The minimum absolute atomic E-state index is 0.155. The third-order valence-corrected chi connectivity index (χ3v) is 6.66. The van der Waals surface area contributed by atoms with Crippen molar-refractivity contribution in [3.05, 3.63) is 23.3 Å². The summed E-state index contributed by atoms with van der Waals surface area (Å²) in [5.41, 5.74) is 1.44. The zero-order valence-electron chi connectivity index (χ0n) is 22.1. The fraction of sp³-hybridized carbons (Fsp3) is 0.724. The Kier molecular flexibility index (Phi) is 17.2. The number of methoxy groups -OCH3 is 1. The van der Waals surface area contributed by atoms with Crippen LogP contribution in [0, 0.1) is 0 Å². The van der Waals surface area contributed by atoms with E-state index in [4.69, 9.17) is 4.74 Å². The van der Waals surface area contributed by atoms with Gasteiger partial charge in [0, 0.05) is 23.7 Å². The second-order valence-corrected chi connectivity index (χ2v) is 9.49. The summed E-state index contributed by atoms with van der Waals surface area (Å²) in [6, 6.07) is 3.34. The summed E-state index contributed by atoms with van der Waals surface area (Å²) in [7, 11) is 1.53. The first-order valence-corrected chi connectivity index (χ1v) is 13.6. The summed E-state index contributed by atoms with van der Waals surface area (Å²) < 4.78 is 5.30. The van der Waals surface area contributed by atoms with Crippen molar-refractivity contribution in [2.75, 3.05) is 18.6 Å². The molecule has 0 radical (unpaired) electrons. The number of ether oxygens (including phenoxy) is 1. The highest BCUT2D eigenvalue weighted by molar-refractivity contribution is 5.98. The molecule has 1 N–H and O–H groups in total. The number of carbonyl (C=O) groups is 2. The van der Waals surface area contributed by atoms with Gasteiger partial charge in [-0.1, -0.05) is 103 Å². The van der Waals surface area contributed by atoms with Gasteiger partial charge in [-0.3, -0.25) is 9.59 Å². The van der Waals surface area contributed by atoms with Crippen molar-refractivity contribution >= 4 is 17.9 Å². The molecular formula is C29H49NO4. The van der Waals surface area contributed by atoms with Crippen LogP contribution < -0.4 is 9.64 Å². The van der Waals surface area contributed by atoms with E-state index in [9.17, 15) is 14.7 Å². The van der Waals surface area contributed by atoms with Crippen molar-refractivity contribution in [1.29, 1.82) is 0 Å². The number of hydrogen-bond donors (Lipinski definition) is 1. The molecule has 0 aliphatic heterocycles. The van der Waals surface area contributed by atoms with Crippen LogP contribution in [0.1, 0.15) is 133 Å². The Hall–Kier alpha value is -1.88. The van der Waals surface area contributed by atoms with Crippen LogP contribution in [0.2, 0.25) is 0 Å². The summed E-state index contributed by atoms with van der Waals surface area (Å²) in [6.45, 7) is 4.00. The monoisotopic (exact) mass is 475 g/mol. The van der Waals surface area contributed by atoms with Crippen molar-refractivity contribution in [1.82, 2.24) is 0 Å². The van der Waals surface area contributed by atoms with Crippen LogP contribution in [0.5, 0.6) is 5.75 Å². The van der Waals surface area contributed by atoms with Gasteiger partial charge in [-0.05, 0) is 19.4 Å². The first-order chi connectivity index (χ1) is 16.6. The summed E-state index contributed by atoms with van der Waals surface area (Å²) >= 11 is 0. The highest BCUT2D eigenvalue weighted by atomic mass is 16.5. The Morgan fingerprint density at radius 3 is 1.71 bits per heavy atom. The molecule has 0 atom stereocenters. The van der Waals surface area contributed by atoms with Gasteiger partial charge in [-0.15, -0.1) is 0 Å². The van der Waals surface area contributed by atoms with Crippen molar-refractivity contribution in [3.8, 4) is 5.75 Å². The minimum Gasteiger partial charge on any atom is -0.497 e. The number of unbranched alkanes of at least 4 members (excludes halogenated alkanes) is 15. The summed E-state index contributed by atoms with van der Waals surface area (Å²) in [4.78, 5) is 25.4. The van der Waals surface area contributed by atoms with Gasteiger partial charge in [-0.2, -0.15) is 0 Å². The quantitative estimate of drug-likeness (QED) is 0.106. The molecule has 1 amide bonds. The number of aliphatic hydroxyl groups excluding tert-OH is 1. The zero-order valence-corrected chi connectivity index (χ0v) is 22.1. The van der Waals surface area contributed by atoms with E-state index in [0.29, 0.717) is 29.1 Å². The standard InChI is InChI=1S/C29H49NO4/c1-4-5-6-7-8-9-10-11-12-13-14-15-16-17-18-19-20-30(24-32)29-22-26(34-3)21-27(25(2)33)28(29)23-31/h21-22,24,31H,4-20,23H2,1-3H3. The van der Waals surface area contributed by atoms with Crippen LogP contribution in [-0.4, -0.2) is 31.0 Å². The number of anilines is 1. The van der Waals surface area contributed by atoms with Gasteiger partial charge >= 0.3 is 0 Å². The molecule has 0 heterocycles. The zero-order chi connectivity index (χ0) is 25.0. The molecule has 0 aromatic heterocycles. The number of ketones is 1. The van der Waals surface area contributed by atoms with E-state index in [0.717, 1.165) is 19.3 Å². The molecule has 0 saturated heterocycles. The second kappa shape index (κ2) is 19.4. The lowest BCUT2D eigenvalue weighted by molar-refractivity contribution is -0.107. The lowest BCUT2D eigenvalue weighted by Gasteiger charge is -2.22. The molecule has 5 heteroatoms. The molecule has 0 aliphatic rings. The highest BCUT2D eigenvalue weighted by Crippen LogP contribution is 2.30. The van der Waals surface area contributed by atoms with Gasteiger partial charge in [0.15, 0.2) is 5.78 Å². The molecule has 1 aromatic carbocycles. The first kappa shape index (κ1) is 30.2. The van der Waals surface area contributed by atoms with E-state index in [1.807, 2.05) is 0 Å². The van der Waals surface area contributed by atoms with Gasteiger partial charge < -0.3 is 14.7 Å². The number of amides is 1. The third-order valence-electron chi connectivity index (χ3n) is 6.66. The molecule has 194 valence electrons. The van der Waals surface area contributed by atoms with Crippen LogP contribution in [0.15, 0.2) is 12.1 Å². The third kappa shape index (κ3) is 12.0. The largest absolute Gasteiger partial charge is 0.497 e. The fourth-order valence-electron chi connectivity index (χ4n) is 4.55. The topological polar surface area (TPSA) is 66.8 Å². The number of rotatable bonds is 22. The van der Waals surface area contributed by atoms with Gasteiger partial charge in [0.1, 0.15) is 5.75 Å². The molecule has 34 heavy (non-hydrogen) atoms. The predicted octanol–water partition coefficient (Wildman–Crippen LogP) is 7.61. The van der Waals surface area contributed by atoms with Crippen LogP contribution in [0.25, 0.3) is 0 Å². The van der Waals surface area contributed by atoms with Crippen LogP contribution in [0.4, 0.5) is 5.69 Å². The van der Waals surface area contributed by atoms with Crippen LogP contribution in [0.3, 0.4) is 0 Å². The van der Waals surface area contributed by atoms with E-state index >= 15 is 0 Å². The van der Waals surface area contributed by atoms with E-state index in [-0.39, 0.29) is 12.4 Å². The lowest BCUT2D eigenvalue weighted by atomic mass is 10.0. The predicted molar refractivity (Wildman–Crippen MR) is 142 cm³/mol. The average Bonchev–Trinajstić information content (AvgIpc) is 2.85. The van der Waals surface area contributed by atoms with Gasteiger partial charge in [0.25, 0.3) is 0 Å². The molecule has 5 nitrogen and oxygen atoms in total. The van der Waals surface area contributed by atoms with Crippen molar-refractivity contribution in [3.63, 3.8) is 0 Å². The van der Waals surface area contributed by atoms with E-state index in [1.165, 1.54) is 104 Å². The van der Waals surface area contributed by atoms with Crippen LogP contribution in [-0.2, 0) is 11.4 Å². The van der Waals surface area contributed by atoms with Gasteiger partial charge in [0.2, 0.25) is 6.41 Å². The number of nitrogens with zero attached hydrogens (tertiary/aromatic N) is 1. The molecule has 0 unspecified atom stereocenters. The number of hydrogen-bond acceptors (Lipinski definition) is 4. The SMILES string of the molecule is CCCCCCCCCCCCCCCCCCN(C=O)c1cc(OC)cc(C(C)=O)c1CO. The smallest absolute Gasteiger partial charge is 0.214 e. The maximum Gasteiger partial charge on any atom is 0.214 e. The van der Waals surface area contributed by atoms with E-state index in [2.05, 4.69) is 6.92 Å². The van der Waals surface area contributed by atoms with E-state index in [1.54, 1.807) is 17.0 Å². The number of Topliss-reactive ketones (excluding diaryl/α,β-unsaturated/α-hetero) is 1. The van der Waals surface area contributed by atoms with Gasteiger partial charge in [0.05, 0.1) is 19.4 Å². The second-order valence-electron chi connectivity index (χ2n) is 9.49. The number of benzene rings is 1. The Labute approximate surface area is 208 Å². The molecular weight excluding hydrogens is 426 g/mol. The molecule has 0 fully saturated rings. The molecule has 0 spiro atoms. The van der Waals surface area contributed by atoms with Crippen molar-refractivity contribution < 1.29 is 19.4 Å². The molecule has 1 rings (SSSR count). The number of aliphatic hydroxyl groups is 1. The average molecular weight is 476 g/mol. The maximum absolute atomic E-state index is 12.0. The Balaban J connectivity index is 2.21. The lowest BCUT2D eigenvalue weighted by Crippen LogP contribution is -2.24. The summed E-state index contributed by atoms with van der Waals surface area (Å²) in [5, 5.41) is 9.83. The summed E-state index contributed by atoms with van der Waals surface area (Å²) in [6.07, 6.45) is 21.7. The summed E-state index contributed by atoms with van der Waals surface area (Å²) in [5.74, 6) is 0.355. The highest BCUT2D eigenvalue weighted by Gasteiger charge is 2.18. The Morgan fingerprint density at radius 1 is 0.853 bits per heavy atom. The molecule has 0 bridgehead atoms. The first-order valence-electron chi connectivity index (χ1n) is 13.6. The van der Waals surface area contributed by atoms with E-state index < -0.39 is 0 Å². The van der Waals surface area contributed by atoms with Crippen molar-refractivity contribution in [2.45, 2.75) is 123 Å². The Morgan fingerprint density at radius 2 is 1.32 bits per heavy atom.